The van der Waals surface area contributed by atoms with Gasteiger partial charge in [-0.15, -0.1) is 0 Å². The quantitative estimate of drug-likeness (QED) is 0.618. The highest BCUT2D eigenvalue weighted by Crippen LogP contribution is 2.03. The maximum atomic E-state index is 4.87. The summed E-state index contributed by atoms with van der Waals surface area (Å²) in [5.41, 5.74) is 0. The molecule has 0 saturated carbocycles. The molecular formula is C9H15NO. The lowest BCUT2D eigenvalue weighted by molar-refractivity contribution is 0.414. The van der Waals surface area contributed by atoms with Crippen molar-refractivity contribution in [2.45, 2.75) is 20.3 Å². The lowest BCUT2D eigenvalue weighted by Crippen LogP contribution is -1.80. The fourth-order valence-electron chi connectivity index (χ4n) is 0.474. The van der Waals surface area contributed by atoms with Crippen molar-refractivity contribution < 1.29 is 4.74 Å². The Kier molecular flexibility index (Phi) is 6.39. The van der Waals surface area contributed by atoms with E-state index in [0.29, 0.717) is 0 Å². The van der Waals surface area contributed by atoms with E-state index >= 15 is 0 Å². The fraction of sp³-hybridized carbons (Fsp3) is 0.444. The largest absolute Gasteiger partial charge is 0.497 e. The van der Waals surface area contributed by atoms with Gasteiger partial charge < -0.3 is 4.74 Å². The Hall–Kier alpha value is -1.05. The van der Waals surface area contributed by atoms with Gasteiger partial charge in [-0.25, -0.2) is 0 Å². The number of ether oxygens (including phenoxy) is 1. The number of aromatic nitrogens is 1. The molecule has 62 valence electrons. The summed E-state index contributed by atoms with van der Waals surface area (Å²) in [6, 6.07) is 3.61. The second-order valence-electron chi connectivity index (χ2n) is 2.09. The zero-order valence-electron chi connectivity index (χ0n) is 7.37. The predicted octanol–water partition coefficient (Wildman–Crippen LogP) is 2.51. The number of methoxy groups -OCH3 is 1. The third-order valence-electron chi connectivity index (χ3n) is 0.885. The van der Waals surface area contributed by atoms with Gasteiger partial charge in [0, 0.05) is 12.4 Å². The van der Waals surface area contributed by atoms with Gasteiger partial charge in [0.25, 0.3) is 0 Å². The van der Waals surface area contributed by atoms with Gasteiger partial charge in [-0.1, -0.05) is 20.3 Å². The highest BCUT2D eigenvalue weighted by molar-refractivity contribution is 5.16. The van der Waals surface area contributed by atoms with E-state index in [9.17, 15) is 0 Å². The second kappa shape index (κ2) is 7.06. The van der Waals surface area contributed by atoms with Gasteiger partial charge in [-0.3, -0.25) is 4.98 Å². The molecule has 0 spiro atoms. The van der Waals surface area contributed by atoms with Gasteiger partial charge in [0.2, 0.25) is 0 Å². The predicted molar refractivity (Wildman–Crippen MR) is 46.8 cm³/mol. The maximum Gasteiger partial charge on any atom is 0.121 e. The molecule has 1 aromatic rings. The van der Waals surface area contributed by atoms with Crippen molar-refractivity contribution in [1.82, 2.24) is 4.98 Å². The van der Waals surface area contributed by atoms with E-state index in [1.165, 1.54) is 6.42 Å². The number of hydrogen-bond acceptors (Lipinski definition) is 2. The summed E-state index contributed by atoms with van der Waals surface area (Å²) in [6.45, 7) is 4.25. The minimum Gasteiger partial charge on any atom is -0.497 e. The fourth-order valence-corrected chi connectivity index (χ4v) is 0.474. The summed E-state index contributed by atoms with van der Waals surface area (Å²) in [6.07, 6.45) is 4.64. The van der Waals surface area contributed by atoms with Crippen LogP contribution in [0.4, 0.5) is 0 Å². The van der Waals surface area contributed by atoms with Gasteiger partial charge >= 0.3 is 0 Å². The molecule has 0 unspecified atom stereocenters. The molecule has 0 aromatic carbocycles. The Morgan fingerprint density at radius 2 is 1.73 bits per heavy atom. The summed E-state index contributed by atoms with van der Waals surface area (Å²) < 4.78 is 4.87. The number of nitrogens with zero attached hydrogens (tertiary/aromatic N) is 1. The van der Waals surface area contributed by atoms with E-state index in [-0.39, 0.29) is 0 Å². The standard InChI is InChI=1S/C6H7NO.C3H8/c1-8-6-2-4-7-5-3-6;1-3-2/h2-5H,1H3;3H2,1-2H3. The Bertz CT molecular complexity index is 162. The van der Waals surface area contributed by atoms with E-state index in [4.69, 9.17) is 4.74 Å². The topological polar surface area (TPSA) is 22.1 Å². The van der Waals surface area contributed by atoms with Crippen molar-refractivity contribution in [2.75, 3.05) is 7.11 Å². The molecule has 0 bridgehead atoms. The minimum atomic E-state index is 0.847. The summed E-state index contributed by atoms with van der Waals surface area (Å²) in [7, 11) is 1.63. The number of rotatable bonds is 1. The first-order chi connectivity index (χ1) is 5.35. The van der Waals surface area contributed by atoms with Crippen molar-refractivity contribution in [3.8, 4) is 5.75 Å². The summed E-state index contributed by atoms with van der Waals surface area (Å²) >= 11 is 0. The van der Waals surface area contributed by atoms with Crippen molar-refractivity contribution in [3.05, 3.63) is 24.5 Å². The van der Waals surface area contributed by atoms with Crippen LogP contribution < -0.4 is 4.74 Å². The summed E-state index contributed by atoms with van der Waals surface area (Å²) in [5, 5.41) is 0. The molecule has 0 radical (unpaired) electrons. The molecule has 0 aliphatic rings. The highest BCUT2D eigenvalue weighted by Gasteiger charge is 1.81. The van der Waals surface area contributed by atoms with Crippen LogP contribution >= 0.6 is 0 Å². The van der Waals surface area contributed by atoms with Crippen LogP contribution in [0.25, 0.3) is 0 Å². The Morgan fingerprint density at radius 1 is 1.27 bits per heavy atom. The first-order valence-corrected chi connectivity index (χ1v) is 3.79. The SMILES string of the molecule is CCC.COc1ccncc1. The van der Waals surface area contributed by atoms with Crippen molar-refractivity contribution in [2.24, 2.45) is 0 Å². The van der Waals surface area contributed by atoms with Gasteiger partial charge in [0.15, 0.2) is 0 Å². The molecule has 2 heteroatoms. The van der Waals surface area contributed by atoms with E-state index in [1.807, 2.05) is 0 Å². The monoisotopic (exact) mass is 153 g/mol. The zero-order chi connectivity index (χ0) is 8.53. The minimum absolute atomic E-state index is 0.847. The lowest BCUT2D eigenvalue weighted by Gasteiger charge is -1.93. The lowest BCUT2D eigenvalue weighted by atomic mass is 10.5. The normalized spacial score (nSPS) is 7.91. The maximum absolute atomic E-state index is 4.87. The smallest absolute Gasteiger partial charge is 0.121 e. The molecule has 0 amide bonds. The van der Waals surface area contributed by atoms with E-state index < -0.39 is 0 Å². The Balaban J connectivity index is 0.000000292. The molecule has 2 nitrogen and oxygen atoms in total. The van der Waals surface area contributed by atoms with Gasteiger partial charge in [-0.2, -0.15) is 0 Å². The molecule has 0 fully saturated rings. The first kappa shape index (κ1) is 9.95. The van der Waals surface area contributed by atoms with E-state index in [0.717, 1.165) is 5.75 Å². The molecule has 0 aliphatic heterocycles. The molecule has 11 heavy (non-hydrogen) atoms. The van der Waals surface area contributed by atoms with E-state index in [2.05, 4.69) is 18.8 Å². The van der Waals surface area contributed by atoms with E-state index in [1.54, 1.807) is 31.6 Å². The molecule has 1 aromatic heterocycles. The van der Waals surface area contributed by atoms with Crippen molar-refractivity contribution >= 4 is 0 Å². The molecule has 1 rings (SSSR count). The Morgan fingerprint density at radius 3 is 2.00 bits per heavy atom. The van der Waals surface area contributed by atoms with Gasteiger partial charge in [0.1, 0.15) is 5.75 Å². The highest BCUT2D eigenvalue weighted by atomic mass is 16.5. The molecule has 1 heterocycles. The summed E-state index contributed by atoms with van der Waals surface area (Å²) in [5.74, 6) is 0.847. The number of hydrogen-bond donors (Lipinski definition) is 0. The average Bonchev–Trinajstić information content (AvgIpc) is 2.08. The third kappa shape index (κ3) is 5.40. The van der Waals surface area contributed by atoms with Crippen LogP contribution in [-0.4, -0.2) is 12.1 Å². The third-order valence-corrected chi connectivity index (χ3v) is 0.885. The van der Waals surface area contributed by atoms with Crippen LogP contribution in [0, 0.1) is 0 Å². The van der Waals surface area contributed by atoms with Crippen LogP contribution in [-0.2, 0) is 0 Å². The summed E-state index contributed by atoms with van der Waals surface area (Å²) in [4.78, 5) is 3.81. The van der Waals surface area contributed by atoms with Crippen LogP contribution in [0.5, 0.6) is 5.75 Å². The van der Waals surface area contributed by atoms with Crippen molar-refractivity contribution in [1.29, 1.82) is 0 Å². The molecular weight excluding hydrogens is 138 g/mol. The Labute approximate surface area is 68.2 Å². The van der Waals surface area contributed by atoms with Crippen LogP contribution in [0.1, 0.15) is 20.3 Å². The van der Waals surface area contributed by atoms with Crippen LogP contribution in [0.3, 0.4) is 0 Å². The number of pyridine rings is 1. The molecule has 0 saturated heterocycles. The molecule has 0 N–H and O–H groups in total. The second-order valence-corrected chi connectivity index (χ2v) is 2.09. The molecule has 0 atom stereocenters. The van der Waals surface area contributed by atoms with Crippen molar-refractivity contribution in [3.63, 3.8) is 0 Å². The van der Waals surface area contributed by atoms with Crippen LogP contribution in [0.2, 0.25) is 0 Å². The van der Waals surface area contributed by atoms with Crippen LogP contribution in [0.15, 0.2) is 24.5 Å². The van der Waals surface area contributed by atoms with Gasteiger partial charge in [0.05, 0.1) is 7.11 Å². The molecule has 0 aliphatic carbocycles. The van der Waals surface area contributed by atoms with Gasteiger partial charge in [-0.05, 0) is 12.1 Å². The first-order valence-electron chi connectivity index (χ1n) is 3.79. The zero-order valence-corrected chi connectivity index (χ0v) is 7.37. The average molecular weight is 153 g/mol.